The molecule has 3 heterocycles. The second-order valence-electron chi connectivity index (χ2n) is 12.4. The quantitative estimate of drug-likeness (QED) is 0.269. The minimum Gasteiger partial charge on any atom is -0.476 e. The number of nitriles is 1. The molecular weight excluding hydrogens is 586 g/mol. The van der Waals surface area contributed by atoms with Crippen LogP contribution in [0.15, 0.2) is 41.6 Å². The van der Waals surface area contributed by atoms with Gasteiger partial charge in [0.1, 0.15) is 11.8 Å². The lowest BCUT2D eigenvalue weighted by molar-refractivity contribution is 0.00519. The number of ether oxygens (including phenoxy) is 3. The number of rotatable bonds is 9. The molecule has 1 amide bonds. The first-order valence-electron chi connectivity index (χ1n) is 14.3. The van der Waals surface area contributed by atoms with Gasteiger partial charge in [0.15, 0.2) is 18.2 Å². The number of carboxylic acid groups (broad SMARTS) is 1. The molecule has 2 aromatic carbocycles. The highest BCUT2D eigenvalue weighted by Crippen LogP contribution is 2.50. The van der Waals surface area contributed by atoms with Gasteiger partial charge in [-0.05, 0) is 46.7 Å². The maximum atomic E-state index is 12.7. The highest BCUT2D eigenvalue weighted by molar-refractivity contribution is 7.90. The number of sulfone groups is 1. The van der Waals surface area contributed by atoms with E-state index in [0.717, 1.165) is 22.6 Å². The molecule has 234 valence electrons. The Bertz CT molecular complexity index is 1730. The molecular formula is C31H37N5O7S. The first-order valence-corrected chi connectivity index (χ1v) is 16.2. The molecule has 13 heteroatoms. The van der Waals surface area contributed by atoms with Crippen molar-refractivity contribution < 1.29 is 32.5 Å². The van der Waals surface area contributed by atoms with Crippen molar-refractivity contribution in [2.75, 3.05) is 44.8 Å². The number of hydrogen-bond acceptors (Lipinski definition) is 10. The summed E-state index contributed by atoms with van der Waals surface area (Å²) in [6, 6.07) is 13.5. The second-order valence-corrected chi connectivity index (χ2v) is 14.3. The van der Waals surface area contributed by atoms with Crippen LogP contribution in [0.25, 0.3) is 10.8 Å². The van der Waals surface area contributed by atoms with Gasteiger partial charge in [0, 0.05) is 32.9 Å². The van der Waals surface area contributed by atoms with Crippen LogP contribution in [-0.2, 0) is 21.0 Å². The molecule has 2 aliphatic heterocycles. The van der Waals surface area contributed by atoms with E-state index in [1.807, 2.05) is 62.1 Å². The molecule has 0 radical (unpaired) electrons. The molecule has 2 aliphatic rings. The van der Waals surface area contributed by atoms with Gasteiger partial charge in [0.2, 0.25) is 15.7 Å². The van der Waals surface area contributed by atoms with Crippen LogP contribution < -0.4 is 14.4 Å². The van der Waals surface area contributed by atoms with E-state index in [0.29, 0.717) is 25.0 Å². The maximum Gasteiger partial charge on any atom is 0.408 e. The number of fused-ring (bicyclic) bond motifs is 3. The van der Waals surface area contributed by atoms with E-state index in [1.165, 1.54) is 0 Å². The van der Waals surface area contributed by atoms with E-state index in [4.69, 9.17) is 14.2 Å². The van der Waals surface area contributed by atoms with Crippen LogP contribution in [0.5, 0.6) is 11.6 Å². The molecule has 0 unspecified atom stereocenters. The molecule has 3 aromatic rings. The van der Waals surface area contributed by atoms with E-state index in [2.05, 4.69) is 16.0 Å². The maximum absolute atomic E-state index is 12.7. The Labute approximate surface area is 257 Å². The summed E-state index contributed by atoms with van der Waals surface area (Å²) in [5, 5.41) is 21.9. The Balaban J connectivity index is 1.50. The largest absolute Gasteiger partial charge is 0.476 e. The predicted octanol–water partition coefficient (Wildman–Crippen LogP) is 4.26. The highest BCUT2D eigenvalue weighted by atomic mass is 32.2. The molecule has 1 aromatic heterocycles. The van der Waals surface area contributed by atoms with E-state index in [1.54, 1.807) is 12.0 Å². The minimum absolute atomic E-state index is 0.00618. The third-order valence-electron chi connectivity index (χ3n) is 8.66. The first kappa shape index (κ1) is 31.3. The fourth-order valence-electron chi connectivity index (χ4n) is 6.48. The van der Waals surface area contributed by atoms with Gasteiger partial charge < -0.3 is 24.2 Å². The van der Waals surface area contributed by atoms with Crippen LogP contribution in [0.1, 0.15) is 44.7 Å². The van der Waals surface area contributed by atoms with Gasteiger partial charge >= 0.3 is 6.09 Å². The van der Waals surface area contributed by atoms with Crippen molar-refractivity contribution in [3.63, 3.8) is 0 Å². The minimum atomic E-state index is -3.88. The average Bonchev–Trinajstić information content (AvgIpc) is 3.22. The summed E-state index contributed by atoms with van der Waals surface area (Å²) in [6.45, 7) is 6.68. The Hall–Kier alpha value is -4.15. The van der Waals surface area contributed by atoms with Gasteiger partial charge in [0.05, 0.1) is 18.2 Å². The van der Waals surface area contributed by atoms with Crippen LogP contribution in [0.3, 0.4) is 0 Å². The lowest BCUT2D eigenvalue weighted by atomic mass is 9.71. The number of piperazine rings is 1. The summed E-state index contributed by atoms with van der Waals surface area (Å²) in [7, 11) is -2.34. The summed E-state index contributed by atoms with van der Waals surface area (Å²) in [5.41, 5.74) is -0.268. The van der Waals surface area contributed by atoms with Crippen molar-refractivity contribution in [2.45, 2.75) is 56.8 Å². The fraction of sp³-hybridized carbons (Fsp3) is 0.484. The van der Waals surface area contributed by atoms with E-state index in [9.17, 15) is 23.6 Å². The zero-order chi connectivity index (χ0) is 31.9. The molecule has 44 heavy (non-hydrogen) atoms. The number of methoxy groups -OCH3 is 1. The summed E-state index contributed by atoms with van der Waals surface area (Å²) < 4.78 is 42.2. The lowest BCUT2D eigenvalue weighted by Gasteiger charge is -2.54. The normalized spacial score (nSPS) is 20.0. The Morgan fingerprint density at radius 2 is 1.95 bits per heavy atom. The molecule has 2 fully saturated rings. The van der Waals surface area contributed by atoms with Crippen molar-refractivity contribution >= 4 is 32.5 Å². The van der Waals surface area contributed by atoms with Gasteiger partial charge in [-0.3, -0.25) is 4.90 Å². The first-order chi connectivity index (χ1) is 20.8. The predicted molar refractivity (Wildman–Crippen MR) is 163 cm³/mol. The third-order valence-corrected chi connectivity index (χ3v) is 9.50. The topological polar surface area (TPSA) is 155 Å². The van der Waals surface area contributed by atoms with Crippen molar-refractivity contribution in [1.82, 2.24) is 14.9 Å². The molecule has 0 saturated carbocycles. The molecule has 1 N–H and O–H groups in total. The van der Waals surface area contributed by atoms with Crippen molar-refractivity contribution in [2.24, 2.45) is 5.41 Å². The summed E-state index contributed by atoms with van der Waals surface area (Å²) in [6.07, 6.45) is 1.71. The van der Waals surface area contributed by atoms with E-state index >= 15 is 0 Å². The zero-order valence-electron chi connectivity index (χ0n) is 25.5. The van der Waals surface area contributed by atoms with Crippen molar-refractivity contribution in [3.8, 4) is 17.7 Å². The second kappa shape index (κ2) is 11.7. The Morgan fingerprint density at radius 3 is 2.61 bits per heavy atom. The van der Waals surface area contributed by atoms with Crippen LogP contribution in [-0.4, -0.2) is 85.9 Å². The standard InChI is InChI=1S/C31H37N5O7S/c1-30(2,3)31-12-10-22(36(31)29(37)38)17-35(18-31)26-25(16-32)27(34-28(33-26)44(5,39)40)42-13-11-21-15-23(43-19-41-4)14-20-8-6-7-9-24(20)21/h6-9,14-15,22H,10-13,17-19H2,1-5H3,(H,37,38)/t22-,31-/m0/s1. The molecule has 5 rings (SSSR count). The summed E-state index contributed by atoms with van der Waals surface area (Å²) in [5.74, 6) is 0.626. The monoisotopic (exact) mass is 623 g/mol. The fourth-order valence-corrected chi connectivity index (χ4v) is 6.98. The molecule has 2 saturated heterocycles. The highest BCUT2D eigenvalue weighted by Gasteiger charge is 2.59. The number of benzene rings is 2. The molecule has 0 spiro atoms. The van der Waals surface area contributed by atoms with Crippen LogP contribution in [0.4, 0.5) is 10.6 Å². The number of anilines is 1. The van der Waals surface area contributed by atoms with E-state index in [-0.39, 0.29) is 49.8 Å². The van der Waals surface area contributed by atoms with Crippen LogP contribution in [0.2, 0.25) is 0 Å². The SMILES string of the molecule is COCOc1cc(CCOc2nc(S(C)(=O)=O)nc(N3C[C@@H]4CC[C@@](C(C)(C)C)(C3)N4C(=O)O)c2C#N)c2ccccc2c1. The number of aromatic nitrogens is 2. The molecule has 12 nitrogen and oxygen atoms in total. The lowest BCUT2D eigenvalue weighted by Crippen LogP contribution is -2.68. The van der Waals surface area contributed by atoms with Crippen molar-refractivity contribution in [1.29, 1.82) is 5.26 Å². The average molecular weight is 624 g/mol. The van der Waals surface area contributed by atoms with Gasteiger partial charge in [-0.1, -0.05) is 45.0 Å². The summed E-state index contributed by atoms with van der Waals surface area (Å²) in [4.78, 5) is 24.3. The van der Waals surface area contributed by atoms with Gasteiger partial charge in [-0.15, -0.1) is 0 Å². The Morgan fingerprint density at radius 1 is 1.20 bits per heavy atom. The van der Waals surface area contributed by atoms with Crippen LogP contribution >= 0.6 is 0 Å². The molecule has 0 aliphatic carbocycles. The Kier molecular flexibility index (Phi) is 8.35. The van der Waals surface area contributed by atoms with Gasteiger partial charge in [-0.2, -0.15) is 15.2 Å². The zero-order valence-corrected chi connectivity index (χ0v) is 26.3. The third kappa shape index (κ3) is 5.71. The summed E-state index contributed by atoms with van der Waals surface area (Å²) >= 11 is 0. The number of carbonyl (C=O) groups is 1. The van der Waals surface area contributed by atoms with E-state index < -0.39 is 32.0 Å². The van der Waals surface area contributed by atoms with Gasteiger partial charge in [0.25, 0.3) is 5.16 Å². The molecule has 2 atom stereocenters. The number of hydrogen-bond donors (Lipinski definition) is 1. The smallest absolute Gasteiger partial charge is 0.408 e. The number of nitrogens with zero attached hydrogens (tertiary/aromatic N) is 5. The number of amides is 1. The van der Waals surface area contributed by atoms with Crippen molar-refractivity contribution in [3.05, 3.63) is 47.5 Å². The van der Waals surface area contributed by atoms with Crippen LogP contribution in [0, 0.1) is 16.7 Å². The van der Waals surface area contributed by atoms with Gasteiger partial charge in [-0.25, -0.2) is 13.2 Å². The molecule has 2 bridgehead atoms.